The van der Waals surface area contributed by atoms with E-state index in [4.69, 9.17) is 0 Å². The van der Waals surface area contributed by atoms with Crippen molar-refractivity contribution in [1.29, 1.82) is 0 Å². The van der Waals surface area contributed by atoms with Crippen molar-refractivity contribution in [2.45, 2.75) is 13.8 Å². The Morgan fingerprint density at radius 3 is 3.00 bits per heavy atom. The van der Waals surface area contributed by atoms with Crippen molar-refractivity contribution in [2.75, 3.05) is 18.1 Å². The zero-order valence-electron chi connectivity index (χ0n) is 9.66. The van der Waals surface area contributed by atoms with Crippen LogP contribution in [-0.2, 0) is 0 Å². The summed E-state index contributed by atoms with van der Waals surface area (Å²) in [6.07, 6.45) is 2.10. The Labute approximate surface area is 95.8 Å². The monoisotopic (exact) mass is 216 g/mol. The molecule has 1 amide bonds. The fourth-order valence-corrected chi connectivity index (χ4v) is 1.82. The van der Waals surface area contributed by atoms with E-state index in [0.29, 0.717) is 6.67 Å². The molecule has 0 aliphatic carbocycles. The molecule has 1 aliphatic rings. The molecule has 0 atom stereocenters. The number of hydrogen-bond donors (Lipinski definition) is 1. The molecule has 0 unspecified atom stereocenters. The fourth-order valence-electron chi connectivity index (χ4n) is 1.82. The smallest absolute Gasteiger partial charge is 0.254 e. The van der Waals surface area contributed by atoms with Gasteiger partial charge in [-0.15, -0.1) is 0 Å². The number of amides is 1. The van der Waals surface area contributed by atoms with Gasteiger partial charge in [0.1, 0.15) is 0 Å². The van der Waals surface area contributed by atoms with Crippen LogP contribution in [0.5, 0.6) is 0 Å². The van der Waals surface area contributed by atoms with Crippen molar-refractivity contribution in [1.82, 2.24) is 5.32 Å². The van der Waals surface area contributed by atoms with E-state index >= 15 is 0 Å². The minimum atomic E-state index is 0.0185. The lowest BCUT2D eigenvalue weighted by molar-refractivity contribution is 0.0948. The summed E-state index contributed by atoms with van der Waals surface area (Å²) in [5, 5.41) is 2.88. The maximum atomic E-state index is 11.6. The van der Waals surface area contributed by atoms with Crippen LogP contribution in [0.2, 0.25) is 0 Å². The van der Waals surface area contributed by atoms with Gasteiger partial charge in [0.2, 0.25) is 0 Å². The fraction of sp³-hybridized carbons (Fsp3) is 0.308. The molecule has 0 saturated heterocycles. The average molecular weight is 216 g/mol. The molecule has 0 radical (unpaired) electrons. The third kappa shape index (κ3) is 1.94. The number of fused-ring (bicyclic) bond motifs is 1. The van der Waals surface area contributed by atoms with Crippen molar-refractivity contribution >= 4 is 11.6 Å². The summed E-state index contributed by atoms with van der Waals surface area (Å²) in [5.74, 6) is 0.0185. The largest absolute Gasteiger partial charge is 0.349 e. The minimum Gasteiger partial charge on any atom is -0.349 e. The first-order valence-electron chi connectivity index (χ1n) is 5.46. The topological polar surface area (TPSA) is 32.3 Å². The number of rotatable bonds is 2. The molecular weight excluding hydrogens is 200 g/mol. The van der Waals surface area contributed by atoms with Gasteiger partial charge in [-0.1, -0.05) is 23.8 Å². The highest BCUT2D eigenvalue weighted by molar-refractivity contribution is 6.01. The molecule has 1 heterocycles. The lowest BCUT2D eigenvalue weighted by Gasteiger charge is -2.31. The third-order valence-electron chi connectivity index (χ3n) is 2.85. The number of nitrogens with zero attached hydrogens (tertiary/aromatic N) is 1. The molecule has 3 heteroatoms. The summed E-state index contributed by atoms with van der Waals surface area (Å²) in [7, 11) is 0. The highest BCUT2D eigenvalue weighted by Gasteiger charge is 2.21. The first kappa shape index (κ1) is 10.7. The van der Waals surface area contributed by atoms with Gasteiger partial charge in [0, 0.05) is 6.54 Å². The van der Waals surface area contributed by atoms with E-state index in [0.717, 1.165) is 17.8 Å². The molecule has 1 aliphatic heterocycles. The predicted molar refractivity (Wildman–Crippen MR) is 65.6 cm³/mol. The first-order chi connectivity index (χ1) is 7.72. The van der Waals surface area contributed by atoms with Crippen LogP contribution in [0.15, 0.2) is 35.9 Å². The van der Waals surface area contributed by atoms with Crippen molar-refractivity contribution in [3.63, 3.8) is 0 Å². The SMILES string of the molecule is CC=C(C)CN1CNC(=O)c2ccccc21. The Kier molecular flexibility index (Phi) is 2.95. The highest BCUT2D eigenvalue weighted by atomic mass is 16.2. The van der Waals surface area contributed by atoms with Gasteiger partial charge in [0.25, 0.3) is 5.91 Å². The molecule has 0 spiro atoms. The lowest BCUT2D eigenvalue weighted by atomic mass is 10.1. The number of carbonyl (C=O) groups is 1. The van der Waals surface area contributed by atoms with Gasteiger partial charge in [0.15, 0.2) is 0 Å². The maximum absolute atomic E-state index is 11.6. The summed E-state index contributed by atoms with van der Waals surface area (Å²) in [6.45, 7) is 5.57. The van der Waals surface area contributed by atoms with Crippen molar-refractivity contribution in [2.24, 2.45) is 0 Å². The zero-order chi connectivity index (χ0) is 11.5. The molecule has 16 heavy (non-hydrogen) atoms. The van der Waals surface area contributed by atoms with Crippen molar-refractivity contribution < 1.29 is 4.79 Å². The Hall–Kier alpha value is -1.77. The second-order valence-corrected chi connectivity index (χ2v) is 4.01. The van der Waals surface area contributed by atoms with E-state index in [1.54, 1.807) is 0 Å². The predicted octanol–water partition coefficient (Wildman–Crippen LogP) is 2.16. The summed E-state index contributed by atoms with van der Waals surface area (Å²) in [5.41, 5.74) is 3.08. The summed E-state index contributed by atoms with van der Waals surface area (Å²) >= 11 is 0. The van der Waals surface area contributed by atoms with Gasteiger partial charge in [-0.2, -0.15) is 0 Å². The summed E-state index contributed by atoms with van der Waals surface area (Å²) in [6, 6.07) is 7.72. The molecule has 2 rings (SSSR count). The molecule has 1 N–H and O–H groups in total. The van der Waals surface area contributed by atoms with Crippen LogP contribution in [0, 0.1) is 0 Å². The van der Waals surface area contributed by atoms with Crippen molar-refractivity contribution in [3.05, 3.63) is 41.5 Å². The molecule has 0 saturated carbocycles. The van der Waals surface area contributed by atoms with E-state index in [1.165, 1.54) is 5.57 Å². The second kappa shape index (κ2) is 4.39. The van der Waals surface area contributed by atoms with Crippen molar-refractivity contribution in [3.8, 4) is 0 Å². The van der Waals surface area contributed by atoms with Crippen LogP contribution >= 0.6 is 0 Å². The Morgan fingerprint density at radius 1 is 1.50 bits per heavy atom. The molecule has 0 bridgehead atoms. The first-order valence-corrected chi connectivity index (χ1v) is 5.46. The number of carbonyl (C=O) groups excluding carboxylic acids is 1. The number of allylic oxidation sites excluding steroid dienone is 1. The normalized spacial score (nSPS) is 15.8. The Bertz CT molecular complexity index is 437. The number of anilines is 1. The van der Waals surface area contributed by atoms with Gasteiger partial charge < -0.3 is 10.2 Å². The van der Waals surface area contributed by atoms with Crippen LogP contribution in [0.4, 0.5) is 5.69 Å². The zero-order valence-corrected chi connectivity index (χ0v) is 9.66. The molecular formula is C13H16N2O. The molecule has 0 fully saturated rings. The Balaban J connectivity index is 2.31. The van der Waals surface area contributed by atoms with Gasteiger partial charge in [-0.3, -0.25) is 4.79 Å². The molecule has 0 aromatic heterocycles. The number of nitrogens with one attached hydrogen (secondary N) is 1. The minimum absolute atomic E-state index is 0.0185. The van der Waals surface area contributed by atoms with Gasteiger partial charge in [-0.05, 0) is 26.0 Å². The number of para-hydroxylation sites is 1. The molecule has 1 aromatic rings. The van der Waals surface area contributed by atoms with Gasteiger partial charge >= 0.3 is 0 Å². The molecule has 3 nitrogen and oxygen atoms in total. The standard InChI is InChI=1S/C13H16N2O/c1-3-10(2)8-15-9-14-13(16)11-6-4-5-7-12(11)15/h3-7H,8-9H2,1-2H3,(H,14,16). The van der Waals surface area contributed by atoms with Crippen LogP contribution in [0.3, 0.4) is 0 Å². The van der Waals surface area contributed by atoms with Crippen LogP contribution < -0.4 is 10.2 Å². The van der Waals surface area contributed by atoms with Crippen LogP contribution in [0.1, 0.15) is 24.2 Å². The molecule has 84 valence electrons. The molecule has 1 aromatic carbocycles. The van der Waals surface area contributed by atoms with E-state index in [9.17, 15) is 4.79 Å². The maximum Gasteiger partial charge on any atom is 0.254 e. The lowest BCUT2D eigenvalue weighted by Crippen LogP contribution is -2.44. The Morgan fingerprint density at radius 2 is 2.25 bits per heavy atom. The third-order valence-corrected chi connectivity index (χ3v) is 2.85. The number of hydrogen-bond acceptors (Lipinski definition) is 2. The van der Waals surface area contributed by atoms with Gasteiger partial charge in [0.05, 0.1) is 17.9 Å². The quantitative estimate of drug-likeness (QED) is 0.768. The van der Waals surface area contributed by atoms with Crippen LogP contribution in [-0.4, -0.2) is 19.1 Å². The summed E-state index contributed by atoms with van der Waals surface area (Å²) in [4.78, 5) is 13.8. The highest BCUT2D eigenvalue weighted by Crippen LogP contribution is 2.23. The van der Waals surface area contributed by atoms with E-state index in [-0.39, 0.29) is 5.91 Å². The average Bonchev–Trinajstić information content (AvgIpc) is 2.33. The summed E-state index contributed by atoms with van der Waals surface area (Å²) < 4.78 is 0. The number of benzene rings is 1. The van der Waals surface area contributed by atoms with E-state index in [1.807, 2.05) is 31.2 Å². The second-order valence-electron chi connectivity index (χ2n) is 4.01. The van der Waals surface area contributed by atoms with Crippen LogP contribution in [0.25, 0.3) is 0 Å². The van der Waals surface area contributed by atoms with E-state index < -0.39 is 0 Å². The van der Waals surface area contributed by atoms with Gasteiger partial charge in [-0.25, -0.2) is 0 Å². The van der Waals surface area contributed by atoms with E-state index in [2.05, 4.69) is 23.2 Å².